The summed E-state index contributed by atoms with van der Waals surface area (Å²) in [6, 6.07) is 8.61. The molecule has 0 radical (unpaired) electrons. The molecule has 1 heterocycles. The standard InChI is InChI=1S/C20H22F3N5O/c1-19(2,14-4-6-15(7-5-14)20(21,22)23)8-9-26-18(25)28-17-10-16(29-3)13(11-24)12-27-17/h4-7,10,12H,8-9H2,1-3H3,(H3,25,26,27,28). The molecule has 0 aliphatic rings. The van der Waals surface area contributed by atoms with Gasteiger partial charge in [-0.2, -0.15) is 18.4 Å². The molecule has 9 heteroatoms. The van der Waals surface area contributed by atoms with Gasteiger partial charge in [0, 0.05) is 12.6 Å². The Bertz CT molecular complexity index is 902. The maximum absolute atomic E-state index is 12.7. The maximum atomic E-state index is 12.7. The van der Waals surface area contributed by atoms with Crippen LogP contribution in [0.4, 0.5) is 19.0 Å². The maximum Gasteiger partial charge on any atom is 0.416 e. The third kappa shape index (κ3) is 5.85. The number of nitrogens with zero attached hydrogens (tertiary/aromatic N) is 2. The monoisotopic (exact) mass is 405 g/mol. The Balaban J connectivity index is 1.91. The molecule has 0 unspecified atom stereocenters. The number of halogens is 3. The molecular formula is C20H22F3N5O. The molecule has 0 fully saturated rings. The second-order valence-electron chi connectivity index (χ2n) is 7.02. The van der Waals surface area contributed by atoms with Crippen LogP contribution in [0.25, 0.3) is 0 Å². The van der Waals surface area contributed by atoms with Crippen molar-refractivity contribution in [1.29, 1.82) is 10.7 Å². The topological polar surface area (TPSA) is 93.8 Å². The molecule has 6 nitrogen and oxygen atoms in total. The zero-order valence-corrected chi connectivity index (χ0v) is 16.3. The number of nitrogens with one attached hydrogen (secondary N) is 3. The largest absolute Gasteiger partial charge is 0.495 e. The number of anilines is 1. The van der Waals surface area contributed by atoms with Gasteiger partial charge in [0.15, 0.2) is 5.96 Å². The van der Waals surface area contributed by atoms with E-state index in [-0.39, 0.29) is 16.9 Å². The average Bonchev–Trinajstić information content (AvgIpc) is 2.67. The van der Waals surface area contributed by atoms with Crippen molar-refractivity contribution in [2.45, 2.75) is 31.9 Å². The molecule has 0 aliphatic heterocycles. The van der Waals surface area contributed by atoms with Crippen molar-refractivity contribution in [3.63, 3.8) is 0 Å². The zero-order chi connectivity index (χ0) is 21.7. The summed E-state index contributed by atoms with van der Waals surface area (Å²) in [5.74, 6) is 0.703. The van der Waals surface area contributed by atoms with Gasteiger partial charge < -0.3 is 15.4 Å². The highest BCUT2D eigenvalue weighted by Crippen LogP contribution is 2.32. The van der Waals surface area contributed by atoms with Crippen LogP contribution < -0.4 is 15.4 Å². The Labute approximate surface area is 167 Å². The molecule has 0 amide bonds. The van der Waals surface area contributed by atoms with Crippen molar-refractivity contribution < 1.29 is 17.9 Å². The van der Waals surface area contributed by atoms with Crippen molar-refractivity contribution in [2.75, 3.05) is 19.0 Å². The predicted octanol–water partition coefficient (Wildman–Crippen LogP) is 4.28. The molecule has 2 aromatic rings. The quantitative estimate of drug-likeness (QED) is 0.493. The van der Waals surface area contributed by atoms with Crippen LogP contribution in [-0.4, -0.2) is 24.6 Å². The number of benzene rings is 1. The number of nitriles is 1. The van der Waals surface area contributed by atoms with Crippen LogP contribution >= 0.6 is 0 Å². The van der Waals surface area contributed by atoms with E-state index in [0.29, 0.717) is 24.5 Å². The molecule has 0 saturated heterocycles. The van der Waals surface area contributed by atoms with E-state index < -0.39 is 11.7 Å². The summed E-state index contributed by atoms with van der Waals surface area (Å²) in [6.45, 7) is 4.29. The predicted molar refractivity (Wildman–Crippen MR) is 104 cm³/mol. The lowest BCUT2D eigenvalue weighted by Crippen LogP contribution is -2.33. The number of hydrogen-bond donors (Lipinski definition) is 3. The van der Waals surface area contributed by atoms with Crippen LogP contribution in [0.2, 0.25) is 0 Å². The highest BCUT2D eigenvalue weighted by Gasteiger charge is 2.31. The van der Waals surface area contributed by atoms with Gasteiger partial charge in [-0.15, -0.1) is 0 Å². The molecule has 0 spiro atoms. The van der Waals surface area contributed by atoms with Gasteiger partial charge in [0.25, 0.3) is 0 Å². The van der Waals surface area contributed by atoms with Crippen LogP contribution in [0.1, 0.15) is 37.0 Å². The van der Waals surface area contributed by atoms with Crippen LogP contribution in [-0.2, 0) is 11.6 Å². The van der Waals surface area contributed by atoms with Crippen molar-refractivity contribution in [1.82, 2.24) is 10.3 Å². The highest BCUT2D eigenvalue weighted by atomic mass is 19.4. The molecule has 1 aromatic carbocycles. The fourth-order valence-electron chi connectivity index (χ4n) is 2.69. The van der Waals surface area contributed by atoms with Crippen molar-refractivity contribution in [3.8, 4) is 11.8 Å². The lowest BCUT2D eigenvalue weighted by Gasteiger charge is -2.26. The first-order chi connectivity index (χ1) is 13.6. The number of ether oxygens (including phenoxy) is 1. The fraction of sp³-hybridized carbons (Fsp3) is 0.350. The second kappa shape index (κ2) is 8.82. The fourth-order valence-corrected chi connectivity index (χ4v) is 2.69. The van der Waals surface area contributed by atoms with Crippen LogP contribution in [0.5, 0.6) is 5.75 Å². The lowest BCUT2D eigenvalue weighted by atomic mass is 9.81. The van der Waals surface area contributed by atoms with E-state index in [9.17, 15) is 13.2 Å². The molecule has 0 aliphatic carbocycles. The van der Waals surface area contributed by atoms with Gasteiger partial charge in [-0.25, -0.2) is 4.98 Å². The van der Waals surface area contributed by atoms with Crippen molar-refractivity contribution in [2.24, 2.45) is 0 Å². The van der Waals surface area contributed by atoms with Gasteiger partial charge in [0.2, 0.25) is 0 Å². The van der Waals surface area contributed by atoms with E-state index in [2.05, 4.69) is 15.6 Å². The van der Waals surface area contributed by atoms with E-state index in [1.165, 1.54) is 31.5 Å². The lowest BCUT2D eigenvalue weighted by molar-refractivity contribution is -0.137. The second-order valence-corrected chi connectivity index (χ2v) is 7.02. The summed E-state index contributed by atoms with van der Waals surface area (Å²) in [7, 11) is 1.44. The summed E-state index contributed by atoms with van der Waals surface area (Å²) in [6.07, 6.45) is -2.41. The SMILES string of the molecule is COc1cc(NC(=N)NCCC(C)(C)c2ccc(C(F)(F)F)cc2)ncc1C#N. The van der Waals surface area contributed by atoms with Gasteiger partial charge >= 0.3 is 6.18 Å². The molecule has 154 valence electrons. The molecule has 2 rings (SSSR count). The molecule has 29 heavy (non-hydrogen) atoms. The van der Waals surface area contributed by atoms with Gasteiger partial charge in [-0.1, -0.05) is 26.0 Å². The summed E-state index contributed by atoms with van der Waals surface area (Å²) in [5.41, 5.74) is 0.0143. The van der Waals surface area contributed by atoms with Gasteiger partial charge in [-0.05, 0) is 29.5 Å². The summed E-state index contributed by atoms with van der Waals surface area (Å²) in [4.78, 5) is 4.04. The van der Waals surface area contributed by atoms with Crippen LogP contribution in [0, 0.1) is 16.7 Å². The van der Waals surface area contributed by atoms with E-state index in [1.54, 1.807) is 0 Å². The number of guanidine groups is 1. The van der Waals surface area contributed by atoms with E-state index in [4.69, 9.17) is 15.4 Å². The molecule has 1 aromatic heterocycles. The minimum absolute atomic E-state index is 0.00693. The van der Waals surface area contributed by atoms with Gasteiger partial charge in [-0.3, -0.25) is 5.41 Å². The number of hydrogen-bond acceptors (Lipinski definition) is 4. The molecule has 3 N–H and O–H groups in total. The first-order valence-electron chi connectivity index (χ1n) is 8.78. The first kappa shape index (κ1) is 22.0. The first-order valence-corrected chi connectivity index (χ1v) is 8.78. The highest BCUT2D eigenvalue weighted by molar-refractivity contribution is 5.90. The third-order valence-electron chi connectivity index (χ3n) is 4.50. The van der Waals surface area contributed by atoms with E-state index in [1.807, 2.05) is 19.9 Å². The normalized spacial score (nSPS) is 11.5. The minimum Gasteiger partial charge on any atom is -0.495 e. The Morgan fingerprint density at radius 2 is 1.83 bits per heavy atom. The Morgan fingerprint density at radius 1 is 1.21 bits per heavy atom. The average molecular weight is 405 g/mol. The summed E-state index contributed by atoms with van der Waals surface area (Å²) < 4.78 is 43.2. The Hall–Kier alpha value is -3.28. The number of rotatable bonds is 6. The van der Waals surface area contributed by atoms with Crippen molar-refractivity contribution >= 4 is 11.8 Å². The number of pyridine rings is 1. The smallest absolute Gasteiger partial charge is 0.416 e. The van der Waals surface area contributed by atoms with Crippen LogP contribution in [0.15, 0.2) is 36.5 Å². The van der Waals surface area contributed by atoms with Gasteiger partial charge in [0.05, 0.1) is 18.9 Å². The summed E-state index contributed by atoms with van der Waals surface area (Å²) in [5, 5.41) is 22.6. The molecule has 0 bridgehead atoms. The number of methoxy groups -OCH3 is 1. The minimum atomic E-state index is -4.35. The Morgan fingerprint density at radius 3 is 2.38 bits per heavy atom. The van der Waals surface area contributed by atoms with E-state index in [0.717, 1.165) is 17.7 Å². The van der Waals surface area contributed by atoms with Gasteiger partial charge in [0.1, 0.15) is 23.2 Å². The van der Waals surface area contributed by atoms with Crippen molar-refractivity contribution in [3.05, 3.63) is 53.2 Å². The molecular weight excluding hydrogens is 383 g/mol. The molecule has 0 atom stereocenters. The third-order valence-corrected chi connectivity index (χ3v) is 4.50. The number of aromatic nitrogens is 1. The van der Waals surface area contributed by atoms with E-state index >= 15 is 0 Å². The molecule has 0 saturated carbocycles. The van der Waals surface area contributed by atoms with Crippen LogP contribution in [0.3, 0.4) is 0 Å². The Kier molecular flexibility index (Phi) is 6.69. The summed E-state index contributed by atoms with van der Waals surface area (Å²) >= 11 is 0. The number of alkyl halides is 3. The zero-order valence-electron chi connectivity index (χ0n) is 16.3.